The van der Waals surface area contributed by atoms with Gasteiger partial charge in [-0.1, -0.05) is 84.0 Å². The van der Waals surface area contributed by atoms with Gasteiger partial charge in [0.2, 0.25) is 0 Å². The molecule has 0 unspecified atom stereocenters. The van der Waals surface area contributed by atoms with Crippen molar-refractivity contribution in [3.63, 3.8) is 0 Å². The lowest BCUT2D eigenvalue weighted by molar-refractivity contribution is -0.145. The number of carbonyl (C=O) groups is 3. The van der Waals surface area contributed by atoms with Gasteiger partial charge in [-0.05, 0) is 6.42 Å². The zero-order valence-corrected chi connectivity index (χ0v) is 28.0. The molecular formula is C34H61NO10. The van der Waals surface area contributed by atoms with E-state index in [1.165, 1.54) is 82.8 Å². The van der Waals surface area contributed by atoms with E-state index >= 15 is 0 Å². The van der Waals surface area contributed by atoms with Crippen LogP contribution in [-0.4, -0.2) is 115 Å². The minimum Gasteiger partial charge on any atom is -0.463 e. The van der Waals surface area contributed by atoms with Gasteiger partial charge < -0.3 is 33.2 Å². The van der Waals surface area contributed by atoms with Crippen molar-refractivity contribution in [3.8, 4) is 0 Å². The lowest BCUT2D eigenvalue weighted by Crippen LogP contribution is -2.33. The summed E-state index contributed by atoms with van der Waals surface area (Å²) in [4.78, 5) is 35.8. The van der Waals surface area contributed by atoms with Gasteiger partial charge in [0, 0.05) is 18.6 Å². The Bertz CT molecular complexity index is 730. The van der Waals surface area contributed by atoms with E-state index < -0.39 is 0 Å². The highest BCUT2D eigenvalue weighted by Gasteiger charge is 2.22. The fourth-order valence-corrected chi connectivity index (χ4v) is 4.58. The van der Waals surface area contributed by atoms with Crippen LogP contribution < -0.4 is 0 Å². The zero-order chi connectivity index (χ0) is 32.5. The summed E-state index contributed by atoms with van der Waals surface area (Å²) in [6.45, 7) is 7.90. The number of unbranched alkanes of at least 4 members (excludes halogenated alkanes) is 12. The SMILES string of the molecule is CCCCCCCCCCCCCCCC(=O)OCCOCCOCCOCCOCCOCCOCCN1C(=O)C=CC1=O. The molecule has 0 radical (unpaired) electrons. The monoisotopic (exact) mass is 643 g/mol. The molecule has 11 heteroatoms. The van der Waals surface area contributed by atoms with Crippen molar-refractivity contribution < 1.29 is 47.5 Å². The summed E-state index contributed by atoms with van der Waals surface area (Å²) in [5.41, 5.74) is 0. The predicted molar refractivity (Wildman–Crippen MR) is 172 cm³/mol. The van der Waals surface area contributed by atoms with Crippen LogP contribution in [0.4, 0.5) is 0 Å². The number of imide groups is 1. The van der Waals surface area contributed by atoms with Gasteiger partial charge in [-0.3, -0.25) is 19.3 Å². The molecule has 1 aliphatic heterocycles. The second-order valence-electron chi connectivity index (χ2n) is 11.0. The van der Waals surface area contributed by atoms with Crippen LogP contribution in [0.3, 0.4) is 0 Å². The summed E-state index contributed by atoms with van der Waals surface area (Å²) in [5.74, 6) is -0.750. The third-order valence-corrected chi connectivity index (χ3v) is 7.19. The van der Waals surface area contributed by atoms with Gasteiger partial charge in [-0.15, -0.1) is 0 Å². The topological polar surface area (TPSA) is 119 Å². The molecule has 0 aliphatic carbocycles. The molecule has 1 heterocycles. The van der Waals surface area contributed by atoms with Gasteiger partial charge in [0.25, 0.3) is 11.8 Å². The molecule has 0 bridgehead atoms. The van der Waals surface area contributed by atoms with Crippen molar-refractivity contribution in [3.05, 3.63) is 12.2 Å². The maximum atomic E-state index is 11.8. The van der Waals surface area contributed by atoms with Crippen molar-refractivity contribution in [2.45, 2.75) is 96.8 Å². The van der Waals surface area contributed by atoms with Gasteiger partial charge in [0.1, 0.15) is 6.61 Å². The fourth-order valence-electron chi connectivity index (χ4n) is 4.58. The number of nitrogens with zero attached hydrogens (tertiary/aromatic N) is 1. The summed E-state index contributed by atoms with van der Waals surface area (Å²) >= 11 is 0. The molecule has 262 valence electrons. The molecule has 0 aromatic heterocycles. The van der Waals surface area contributed by atoms with Gasteiger partial charge in [-0.25, -0.2) is 0 Å². The third-order valence-electron chi connectivity index (χ3n) is 7.19. The van der Waals surface area contributed by atoms with Crippen LogP contribution in [0.25, 0.3) is 0 Å². The molecule has 0 saturated heterocycles. The van der Waals surface area contributed by atoms with E-state index in [1.54, 1.807) is 0 Å². The number of amides is 2. The first-order valence-corrected chi connectivity index (χ1v) is 17.3. The van der Waals surface area contributed by atoms with Crippen LogP contribution in [0.2, 0.25) is 0 Å². The van der Waals surface area contributed by atoms with Crippen molar-refractivity contribution in [2.75, 3.05) is 92.4 Å². The van der Waals surface area contributed by atoms with Crippen molar-refractivity contribution in [1.29, 1.82) is 0 Å². The minimum atomic E-state index is -0.305. The number of carbonyl (C=O) groups excluding carboxylic acids is 3. The largest absolute Gasteiger partial charge is 0.463 e. The van der Waals surface area contributed by atoms with E-state index in [1.807, 2.05) is 0 Å². The Morgan fingerprint density at radius 1 is 0.489 bits per heavy atom. The molecule has 2 amide bonds. The van der Waals surface area contributed by atoms with Crippen LogP contribution in [0.1, 0.15) is 96.8 Å². The van der Waals surface area contributed by atoms with E-state index in [-0.39, 0.29) is 37.5 Å². The molecular weight excluding hydrogens is 582 g/mol. The molecule has 0 aromatic rings. The maximum absolute atomic E-state index is 11.8. The molecule has 0 aromatic carbocycles. The first-order chi connectivity index (χ1) is 22.1. The lowest BCUT2D eigenvalue weighted by atomic mass is 10.0. The van der Waals surface area contributed by atoms with E-state index in [0.717, 1.165) is 17.7 Å². The van der Waals surface area contributed by atoms with Gasteiger partial charge >= 0.3 is 5.97 Å². The average molecular weight is 644 g/mol. The third kappa shape index (κ3) is 27.0. The van der Waals surface area contributed by atoms with E-state index in [0.29, 0.717) is 79.1 Å². The Hall–Kier alpha value is -1.89. The smallest absolute Gasteiger partial charge is 0.305 e. The first kappa shape index (κ1) is 41.1. The Balaban J connectivity index is 1.67. The Morgan fingerprint density at radius 2 is 0.822 bits per heavy atom. The Kier molecular flexibility index (Phi) is 29.3. The molecule has 0 atom stereocenters. The quantitative estimate of drug-likeness (QED) is 0.0528. The molecule has 0 N–H and O–H groups in total. The highest BCUT2D eigenvalue weighted by Crippen LogP contribution is 2.13. The summed E-state index contributed by atoms with van der Waals surface area (Å²) in [6, 6.07) is 0. The lowest BCUT2D eigenvalue weighted by Gasteiger charge is -2.13. The first-order valence-electron chi connectivity index (χ1n) is 17.3. The van der Waals surface area contributed by atoms with Crippen LogP contribution in [0.5, 0.6) is 0 Å². The molecule has 1 aliphatic rings. The fraction of sp³-hybridized carbons (Fsp3) is 0.853. The standard InChI is InChI=1S/C34H61NO10/c1-2-3-4-5-6-7-8-9-10-11-12-13-14-15-34(38)45-31-30-44-29-28-43-27-26-42-25-24-41-23-22-40-21-20-39-19-18-35-32(36)16-17-33(35)37/h16-17H,2-15,18-31H2,1H3. The van der Waals surface area contributed by atoms with Crippen LogP contribution >= 0.6 is 0 Å². The van der Waals surface area contributed by atoms with Gasteiger partial charge in [0.15, 0.2) is 0 Å². The van der Waals surface area contributed by atoms with Crippen molar-refractivity contribution >= 4 is 17.8 Å². The normalized spacial score (nSPS) is 13.0. The minimum absolute atomic E-state index is 0.140. The van der Waals surface area contributed by atoms with Crippen LogP contribution in [0.15, 0.2) is 12.2 Å². The number of ether oxygens (including phenoxy) is 7. The number of rotatable bonds is 35. The molecule has 0 saturated carbocycles. The molecule has 1 rings (SSSR count). The Morgan fingerprint density at radius 3 is 1.22 bits per heavy atom. The predicted octanol–water partition coefficient (Wildman–Crippen LogP) is 5.04. The van der Waals surface area contributed by atoms with Gasteiger partial charge in [0.05, 0.1) is 85.8 Å². The summed E-state index contributed by atoms with van der Waals surface area (Å²) in [7, 11) is 0. The van der Waals surface area contributed by atoms with Crippen molar-refractivity contribution in [1.82, 2.24) is 4.90 Å². The molecule has 11 nitrogen and oxygen atoms in total. The highest BCUT2D eigenvalue weighted by molar-refractivity contribution is 6.12. The average Bonchev–Trinajstić information content (AvgIpc) is 3.36. The number of hydrogen-bond acceptors (Lipinski definition) is 10. The van der Waals surface area contributed by atoms with E-state index in [9.17, 15) is 14.4 Å². The molecule has 45 heavy (non-hydrogen) atoms. The number of hydrogen-bond donors (Lipinski definition) is 0. The maximum Gasteiger partial charge on any atom is 0.305 e. The molecule has 0 spiro atoms. The van der Waals surface area contributed by atoms with E-state index in [4.69, 9.17) is 33.2 Å². The number of esters is 1. The van der Waals surface area contributed by atoms with Crippen LogP contribution in [0, 0.1) is 0 Å². The van der Waals surface area contributed by atoms with Crippen LogP contribution in [-0.2, 0) is 47.5 Å². The summed E-state index contributed by atoms with van der Waals surface area (Å²) < 4.78 is 37.8. The second-order valence-corrected chi connectivity index (χ2v) is 11.0. The summed E-state index contributed by atoms with van der Waals surface area (Å²) in [5, 5.41) is 0. The summed E-state index contributed by atoms with van der Waals surface area (Å²) in [6.07, 6.45) is 19.8. The second kappa shape index (κ2) is 32.1. The molecule has 0 fully saturated rings. The van der Waals surface area contributed by atoms with E-state index in [2.05, 4.69) is 6.92 Å². The van der Waals surface area contributed by atoms with Crippen molar-refractivity contribution in [2.24, 2.45) is 0 Å². The van der Waals surface area contributed by atoms with Gasteiger partial charge in [-0.2, -0.15) is 0 Å². The Labute approximate surface area is 271 Å². The highest BCUT2D eigenvalue weighted by atomic mass is 16.6. The zero-order valence-electron chi connectivity index (χ0n) is 28.0.